The highest BCUT2D eigenvalue weighted by Gasteiger charge is 2.28. The van der Waals surface area contributed by atoms with E-state index in [0.717, 1.165) is 0 Å². The van der Waals surface area contributed by atoms with Crippen LogP contribution in [-0.4, -0.2) is 68.2 Å². The van der Waals surface area contributed by atoms with Crippen molar-refractivity contribution in [1.82, 2.24) is 24.8 Å². The van der Waals surface area contributed by atoms with E-state index in [1.165, 1.54) is 4.57 Å². The molecule has 3 N–H and O–H groups in total. The van der Waals surface area contributed by atoms with E-state index in [9.17, 15) is 14.4 Å². The number of fused-ring (bicyclic) bond motifs is 1. The molecule has 3 heterocycles. The molecule has 0 aliphatic carbocycles. The van der Waals surface area contributed by atoms with Gasteiger partial charge in [0.2, 0.25) is 5.91 Å². The van der Waals surface area contributed by atoms with E-state index in [-0.39, 0.29) is 40.4 Å². The minimum atomic E-state index is -0.519. The third kappa shape index (κ3) is 4.54. The van der Waals surface area contributed by atoms with E-state index in [0.29, 0.717) is 43.1 Å². The number of likely N-dealkylation sites (tertiary alicyclic amines) is 1. The first-order valence-electron chi connectivity index (χ1n) is 11.4. The van der Waals surface area contributed by atoms with E-state index in [1.54, 1.807) is 11.8 Å². The van der Waals surface area contributed by atoms with Gasteiger partial charge in [-0.1, -0.05) is 18.2 Å². The number of carbonyl (C=O) groups is 2. The molecule has 2 amide bonds. The van der Waals surface area contributed by atoms with Crippen molar-refractivity contribution in [2.24, 2.45) is 0 Å². The van der Waals surface area contributed by atoms with Crippen LogP contribution in [0.15, 0.2) is 35.1 Å². The van der Waals surface area contributed by atoms with Crippen molar-refractivity contribution in [2.75, 3.05) is 19.7 Å². The van der Waals surface area contributed by atoms with Crippen LogP contribution in [0.4, 0.5) is 0 Å². The summed E-state index contributed by atoms with van der Waals surface area (Å²) < 4.78 is 7.46. The lowest BCUT2D eigenvalue weighted by Gasteiger charge is -2.32. The largest absolute Gasteiger partial charge is 0.488 e. The molecule has 0 atom stereocenters. The Labute approximate surface area is 196 Å². The van der Waals surface area contributed by atoms with E-state index in [1.807, 2.05) is 44.2 Å². The predicted molar refractivity (Wildman–Crippen MR) is 126 cm³/mol. The predicted octanol–water partition coefficient (Wildman–Crippen LogP) is 1.52. The van der Waals surface area contributed by atoms with Gasteiger partial charge in [-0.05, 0) is 45.7 Å². The second-order valence-corrected chi connectivity index (χ2v) is 8.64. The van der Waals surface area contributed by atoms with Crippen LogP contribution < -0.4 is 15.6 Å². The zero-order valence-corrected chi connectivity index (χ0v) is 19.5. The van der Waals surface area contributed by atoms with E-state index >= 15 is 0 Å². The van der Waals surface area contributed by atoms with Crippen molar-refractivity contribution >= 4 is 22.8 Å². The highest BCUT2D eigenvalue weighted by molar-refractivity contribution is 6.02. The third-order valence-electron chi connectivity index (χ3n) is 5.86. The lowest BCUT2D eigenvalue weighted by atomic mass is 10.0. The van der Waals surface area contributed by atoms with Crippen LogP contribution in [0.3, 0.4) is 0 Å². The van der Waals surface area contributed by atoms with Crippen molar-refractivity contribution in [3.8, 4) is 11.4 Å². The summed E-state index contributed by atoms with van der Waals surface area (Å²) >= 11 is 0. The quantitative estimate of drug-likeness (QED) is 0.504. The molecule has 10 nitrogen and oxygen atoms in total. The number of aryl methyl sites for hydroxylation is 1. The van der Waals surface area contributed by atoms with Crippen LogP contribution in [0.25, 0.3) is 16.7 Å². The van der Waals surface area contributed by atoms with Crippen LogP contribution >= 0.6 is 0 Å². The molecule has 0 radical (unpaired) electrons. The molecule has 1 fully saturated rings. The van der Waals surface area contributed by atoms with Gasteiger partial charge in [-0.2, -0.15) is 0 Å². The molecule has 3 aromatic rings. The van der Waals surface area contributed by atoms with Gasteiger partial charge in [0, 0.05) is 19.1 Å². The summed E-state index contributed by atoms with van der Waals surface area (Å²) in [6, 6.07) is 9.03. The van der Waals surface area contributed by atoms with Crippen LogP contribution in [-0.2, 0) is 4.79 Å². The Morgan fingerprint density at radius 3 is 2.53 bits per heavy atom. The molecule has 1 aliphatic rings. The monoisotopic (exact) mass is 467 g/mol. The van der Waals surface area contributed by atoms with Gasteiger partial charge in [0.25, 0.3) is 11.5 Å². The smallest absolute Gasteiger partial charge is 0.271 e. The van der Waals surface area contributed by atoms with Gasteiger partial charge in [-0.15, -0.1) is 0 Å². The summed E-state index contributed by atoms with van der Waals surface area (Å²) in [6.07, 6.45) is 0.858. The number of ether oxygens (including phenoxy) is 1. The van der Waals surface area contributed by atoms with Crippen molar-refractivity contribution in [2.45, 2.75) is 45.8 Å². The number of benzene rings is 1. The standard InChI is InChI=1S/C24H29N5O5/c1-14(2)34-21-19-22(25-15(3)29(24(19)33)17-7-5-4-6-8-17)27-20(21)23(32)26-16-9-11-28(12-10-16)18(31)13-30/h4-8,14,16,27,30H,9-13H2,1-3H3,(H,26,32). The Kier molecular flexibility index (Phi) is 6.69. The molecule has 34 heavy (non-hydrogen) atoms. The maximum absolute atomic E-state index is 13.5. The zero-order valence-electron chi connectivity index (χ0n) is 19.5. The van der Waals surface area contributed by atoms with Gasteiger partial charge in [-0.3, -0.25) is 19.0 Å². The number of nitrogens with one attached hydrogen (secondary N) is 2. The Morgan fingerprint density at radius 1 is 1.24 bits per heavy atom. The number of hydrogen-bond donors (Lipinski definition) is 3. The number of nitrogens with zero attached hydrogens (tertiary/aromatic N) is 3. The number of hydrogen-bond acceptors (Lipinski definition) is 6. The number of aliphatic hydroxyl groups excluding tert-OH is 1. The maximum atomic E-state index is 13.5. The molecule has 2 aromatic heterocycles. The number of H-pyrrole nitrogens is 1. The van der Waals surface area contributed by atoms with Gasteiger partial charge in [-0.25, -0.2) is 4.98 Å². The molecule has 0 saturated carbocycles. The average molecular weight is 468 g/mol. The fourth-order valence-corrected chi connectivity index (χ4v) is 4.25. The minimum absolute atomic E-state index is 0.146. The molecular weight excluding hydrogens is 438 g/mol. The fourth-order valence-electron chi connectivity index (χ4n) is 4.25. The molecule has 180 valence electrons. The summed E-state index contributed by atoms with van der Waals surface area (Å²) in [4.78, 5) is 47.6. The Balaban J connectivity index is 1.69. The number of rotatable bonds is 6. The molecule has 10 heteroatoms. The summed E-state index contributed by atoms with van der Waals surface area (Å²) in [7, 11) is 0. The molecule has 0 unspecified atom stereocenters. The lowest BCUT2D eigenvalue weighted by molar-refractivity contribution is -0.135. The highest BCUT2D eigenvalue weighted by Crippen LogP contribution is 2.29. The molecule has 0 spiro atoms. The average Bonchev–Trinajstić information content (AvgIpc) is 3.17. The summed E-state index contributed by atoms with van der Waals surface area (Å²) in [5.41, 5.74) is 0.785. The Bertz CT molecular complexity index is 1260. The fraction of sp³-hybridized carbons (Fsp3) is 0.417. The Hall–Kier alpha value is -3.66. The normalized spacial score (nSPS) is 14.6. The third-order valence-corrected chi connectivity index (χ3v) is 5.86. The first-order valence-corrected chi connectivity index (χ1v) is 11.4. The number of amides is 2. The molecular formula is C24H29N5O5. The number of piperidine rings is 1. The molecule has 0 bridgehead atoms. The van der Waals surface area contributed by atoms with Crippen LogP contribution in [0.2, 0.25) is 0 Å². The minimum Gasteiger partial charge on any atom is -0.488 e. The van der Waals surface area contributed by atoms with Gasteiger partial charge in [0.15, 0.2) is 5.75 Å². The highest BCUT2D eigenvalue weighted by atomic mass is 16.5. The molecule has 1 aromatic carbocycles. The van der Waals surface area contributed by atoms with Crippen LogP contribution in [0.1, 0.15) is 43.0 Å². The maximum Gasteiger partial charge on any atom is 0.271 e. The van der Waals surface area contributed by atoms with Crippen molar-refractivity contribution in [3.05, 3.63) is 52.2 Å². The van der Waals surface area contributed by atoms with Gasteiger partial charge < -0.3 is 25.0 Å². The summed E-state index contributed by atoms with van der Waals surface area (Å²) in [5, 5.41) is 12.2. The van der Waals surface area contributed by atoms with E-state index in [4.69, 9.17) is 9.84 Å². The second kappa shape index (κ2) is 9.68. The summed E-state index contributed by atoms with van der Waals surface area (Å²) in [6.45, 7) is 5.77. The number of aliphatic hydroxyl groups is 1. The topological polar surface area (TPSA) is 130 Å². The lowest BCUT2D eigenvalue weighted by Crippen LogP contribution is -2.47. The van der Waals surface area contributed by atoms with Crippen molar-refractivity contribution < 1.29 is 19.4 Å². The Morgan fingerprint density at radius 2 is 1.91 bits per heavy atom. The van der Waals surface area contributed by atoms with Gasteiger partial charge in [0.05, 0.1) is 11.8 Å². The van der Waals surface area contributed by atoms with Gasteiger partial charge in [0.1, 0.15) is 29.2 Å². The van der Waals surface area contributed by atoms with E-state index in [2.05, 4.69) is 15.3 Å². The van der Waals surface area contributed by atoms with Gasteiger partial charge >= 0.3 is 0 Å². The molecule has 1 saturated heterocycles. The second-order valence-electron chi connectivity index (χ2n) is 8.64. The van der Waals surface area contributed by atoms with E-state index < -0.39 is 12.5 Å². The number of aromatic nitrogens is 3. The number of carbonyl (C=O) groups excluding carboxylic acids is 2. The molecule has 4 rings (SSSR count). The number of para-hydroxylation sites is 1. The van der Waals surface area contributed by atoms with Crippen LogP contribution in [0.5, 0.6) is 5.75 Å². The van der Waals surface area contributed by atoms with Crippen molar-refractivity contribution in [1.29, 1.82) is 0 Å². The van der Waals surface area contributed by atoms with Crippen LogP contribution in [0, 0.1) is 6.92 Å². The first kappa shape index (κ1) is 23.5. The zero-order chi connectivity index (χ0) is 24.4. The molecule has 1 aliphatic heterocycles. The SMILES string of the molecule is Cc1nc2[nH]c(C(=O)NC3CCN(C(=O)CO)CC3)c(OC(C)C)c2c(=O)n1-c1ccccc1. The number of aromatic amines is 1. The van der Waals surface area contributed by atoms with Crippen molar-refractivity contribution in [3.63, 3.8) is 0 Å². The first-order chi connectivity index (χ1) is 16.3. The summed E-state index contributed by atoms with van der Waals surface area (Å²) in [5.74, 6) is -0.0560.